The van der Waals surface area contributed by atoms with Gasteiger partial charge in [0.05, 0.1) is 21.6 Å². The Balaban J connectivity index is 1.81. The van der Waals surface area contributed by atoms with Crippen LogP contribution in [0.4, 0.5) is 37.1 Å². The van der Waals surface area contributed by atoms with Crippen LogP contribution in [0.25, 0.3) is 0 Å². The van der Waals surface area contributed by atoms with Crippen LogP contribution < -0.4 is 4.90 Å². The number of benzene rings is 2. The minimum Gasteiger partial charge on any atom is -0.444 e. The summed E-state index contributed by atoms with van der Waals surface area (Å²) in [5.74, 6) is 0.136. The van der Waals surface area contributed by atoms with E-state index in [1.807, 2.05) is 37.3 Å². The molecule has 3 aromatic rings. The second-order valence-electron chi connectivity index (χ2n) is 11.7. The van der Waals surface area contributed by atoms with Crippen molar-refractivity contribution >= 4 is 28.0 Å². The number of rotatable bonds is 6. The molecular weight excluding hydrogens is 654 g/mol. The van der Waals surface area contributed by atoms with Gasteiger partial charge in [-0.2, -0.15) is 26.3 Å². The standard InChI is InChI=1S/C31H33BrF6N4O2/c1-5-24-14-25(15-26(20-9-7-6-8-10-20)42(24)28(43)44-29(2,3)4)41(27-39-16-23(32)17-40-27)18-19-11-21(30(33,34)35)13-22(12-19)31(36,37)38/h6-13,16-17,24-26H,5,14-15,18H2,1-4H3/t24-,25+,26?/m1/s1. The van der Waals surface area contributed by atoms with E-state index >= 15 is 0 Å². The highest BCUT2D eigenvalue weighted by Gasteiger charge is 2.43. The van der Waals surface area contributed by atoms with Gasteiger partial charge in [-0.1, -0.05) is 37.3 Å². The number of hydrogen-bond acceptors (Lipinski definition) is 5. The number of aromatic nitrogens is 2. The van der Waals surface area contributed by atoms with Gasteiger partial charge >= 0.3 is 18.4 Å². The summed E-state index contributed by atoms with van der Waals surface area (Å²) in [7, 11) is 0. The first-order valence-electron chi connectivity index (χ1n) is 14.0. The van der Waals surface area contributed by atoms with E-state index in [9.17, 15) is 31.1 Å². The highest BCUT2D eigenvalue weighted by Crippen LogP contribution is 2.41. The van der Waals surface area contributed by atoms with Crippen LogP contribution in [0.2, 0.25) is 0 Å². The van der Waals surface area contributed by atoms with Crippen molar-refractivity contribution in [2.24, 2.45) is 0 Å². The Hall–Kier alpha value is -3.35. The molecule has 13 heteroatoms. The van der Waals surface area contributed by atoms with Crippen LogP contribution in [0.5, 0.6) is 0 Å². The zero-order valence-electron chi connectivity index (χ0n) is 24.6. The summed E-state index contributed by atoms with van der Waals surface area (Å²) in [5, 5.41) is 0. The maximum atomic E-state index is 13.7. The van der Waals surface area contributed by atoms with E-state index in [0.29, 0.717) is 23.7 Å². The smallest absolute Gasteiger partial charge is 0.416 e. The van der Waals surface area contributed by atoms with E-state index in [0.717, 1.165) is 17.7 Å². The molecule has 1 fully saturated rings. The lowest BCUT2D eigenvalue weighted by Gasteiger charge is -2.48. The molecular formula is C31H33BrF6N4O2. The first-order chi connectivity index (χ1) is 20.5. The quantitative estimate of drug-likeness (QED) is 0.242. The molecule has 1 aromatic heterocycles. The third kappa shape index (κ3) is 8.22. The fraction of sp³-hybridized carbons (Fsp3) is 0.452. The molecule has 2 heterocycles. The topological polar surface area (TPSA) is 58.6 Å². The molecule has 1 aliphatic rings. The molecule has 1 unspecified atom stereocenters. The van der Waals surface area contributed by atoms with Crippen molar-refractivity contribution < 1.29 is 35.9 Å². The molecule has 6 nitrogen and oxygen atoms in total. The zero-order valence-corrected chi connectivity index (χ0v) is 26.2. The SMILES string of the molecule is CC[C@@H]1C[C@H](N(Cc2cc(C(F)(F)F)cc(C(F)(F)F)c2)c2ncc(Br)cn2)CC(c2ccccc2)N1C(=O)OC(C)(C)C. The van der Waals surface area contributed by atoms with Gasteiger partial charge in [0.2, 0.25) is 5.95 Å². The lowest BCUT2D eigenvalue weighted by atomic mass is 9.85. The number of anilines is 1. The maximum Gasteiger partial charge on any atom is 0.416 e. The Morgan fingerprint density at radius 2 is 1.52 bits per heavy atom. The highest BCUT2D eigenvalue weighted by molar-refractivity contribution is 9.10. The van der Waals surface area contributed by atoms with Crippen molar-refractivity contribution in [3.63, 3.8) is 0 Å². The van der Waals surface area contributed by atoms with E-state index in [1.165, 1.54) is 12.4 Å². The highest BCUT2D eigenvalue weighted by atomic mass is 79.9. The van der Waals surface area contributed by atoms with Gasteiger partial charge in [0.1, 0.15) is 5.60 Å². The normalized spacial score (nSPS) is 19.5. The Kier molecular flexibility index (Phi) is 9.87. The number of carbonyl (C=O) groups is 1. The largest absolute Gasteiger partial charge is 0.444 e. The Bertz CT molecular complexity index is 1400. The van der Waals surface area contributed by atoms with E-state index in [2.05, 4.69) is 25.9 Å². The molecule has 0 radical (unpaired) electrons. The average Bonchev–Trinajstić information content (AvgIpc) is 2.94. The van der Waals surface area contributed by atoms with Crippen LogP contribution in [0.15, 0.2) is 65.4 Å². The number of ether oxygens (including phenoxy) is 1. The molecule has 2 aromatic carbocycles. The van der Waals surface area contributed by atoms with E-state index < -0.39 is 47.3 Å². The molecule has 1 amide bonds. The van der Waals surface area contributed by atoms with Gasteiger partial charge in [0.25, 0.3) is 0 Å². The van der Waals surface area contributed by atoms with Crippen molar-refractivity contribution in [3.05, 3.63) is 87.7 Å². The van der Waals surface area contributed by atoms with E-state index in [-0.39, 0.29) is 30.2 Å². The predicted octanol–water partition coefficient (Wildman–Crippen LogP) is 9.20. The third-order valence-corrected chi connectivity index (χ3v) is 7.74. The number of hydrogen-bond donors (Lipinski definition) is 0. The van der Waals surface area contributed by atoms with Gasteiger partial charge in [-0.3, -0.25) is 4.90 Å². The minimum absolute atomic E-state index is 0.113. The lowest BCUT2D eigenvalue weighted by Crippen LogP contribution is -2.54. The fourth-order valence-electron chi connectivity index (χ4n) is 5.45. The second kappa shape index (κ2) is 12.9. The van der Waals surface area contributed by atoms with Gasteiger partial charge in [-0.15, -0.1) is 0 Å². The maximum absolute atomic E-state index is 13.7. The van der Waals surface area contributed by atoms with Gasteiger partial charge in [0, 0.05) is 31.0 Å². The number of piperidine rings is 1. The Morgan fingerprint density at radius 3 is 2.02 bits per heavy atom. The molecule has 4 rings (SSSR count). The van der Waals surface area contributed by atoms with E-state index in [1.54, 1.807) is 30.6 Å². The summed E-state index contributed by atoms with van der Waals surface area (Å²) in [6.07, 6.45) is -6.38. The lowest BCUT2D eigenvalue weighted by molar-refractivity contribution is -0.143. The molecule has 0 saturated carbocycles. The average molecular weight is 688 g/mol. The van der Waals surface area contributed by atoms with Crippen molar-refractivity contribution in [2.75, 3.05) is 4.90 Å². The van der Waals surface area contributed by atoms with Gasteiger partial charge in [0.15, 0.2) is 0 Å². The third-order valence-electron chi connectivity index (χ3n) is 7.33. The first-order valence-corrected chi connectivity index (χ1v) is 14.8. The van der Waals surface area contributed by atoms with Crippen LogP contribution in [0.1, 0.15) is 75.3 Å². The number of carbonyl (C=O) groups excluding carboxylic acids is 1. The first kappa shape index (κ1) is 33.5. The molecule has 0 aliphatic carbocycles. The fourth-order valence-corrected chi connectivity index (χ4v) is 5.66. The number of alkyl halides is 6. The minimum atomic E-state index is -4.99. The van der Waals surface area contributed by atoms with Crippen LogP contribution in [-0.2, 0) is 23.6 Å². The monoisotopic (exact) mass is 686 g/mol. The number of halogens is 7. The van der Waals surface area contributed by atoms with Crippen LogP contribution in [0, 0.1) is 0 Å². The second-order valence-corrected chi connectivity index (χ2v) is 12.7. The molecule has 1 saturated heterocycles. The summed E-state index contributed by atoms with van der Waals surface area (Å²) >= 11 is 3.28. The Labute approximate surface area is 260 Å². The zero-order chi connectivity index (χ0) is 32.4. The van der Waals surface area contributed by atoms with Crippen LogP contribution in [0.3, 0.4) is 0 Å². The molecule has 0 N–H and O–H groups in total. The number of likely N-dealkylation sites (tertiary alicyclic amines) is 1. The molecule has 0 bridgehead atoms. The van der Waals surface area contributed by atoms with Crippen molar-refractivity contribution in [1.29, 1.82) is 0 Å². The Morgan fingerprint density at radius 1 is 0.955 bits per heavy atom. The van der Waals surface area contributed by atoms with Crippen molar-refractivity contribution in [3.8, 4) is 0 Å². The molecule has 3 atom stereocenters. The molecule has 1 aliphatic heterocycles. The number of nitrogens with zero attached hydrogens (tertiary/aromatic N) is 4. The summed E-state index contributed by atoms with van der Waals surface area (Å²) < 4.78 is 88.6. The van der Waals surface area contributed by atoms with Crippen LogP contribution >= 0.6 is 15.9 Å². The number of amides is 1. The summed E-state index contributed by atoms with van der Waals surface area (Å²) in [6.45, 7) is 6.89. The van der Waals surface area contributed by atoms with Gasteiger partial charge < -0.3 is 9.64 Å². The van der Waals surface area contributed by atoms with Gasteiger partial charge in [-0.05, 0) is 85.3 Å². The molecule has 238 valence electrons. The van der Waals surface area contributed by atoms with Crippen molar-refractivity contribution in [2.45, 2.75) is 89.6 Å². The van der Waals surface area contributed by atoms with E-state index in [4.69, 9.17) is 4.74 Å². The summed E-state index contributed by atoms with van der Waals surface area (Å²) in [5.41, 5.74) is -2.93. The summed E-state index contributed by atoms with van der Waals surface area (Å²) in [6, 6.07) is 9.50. The molecule has 0 spiro atoms. The van der Waals surface area contributed by atoms with Gasteiger partial charge in [-0.25, -0.2) is 14.8 Å². The van der Waals surface area contributed by atoms with Crippen LogP contribution in [-0.4, -0.2) is 38.6 Å². The summed E-state index contributed by atoms with van der Waals surface area (Å²) in [4.78, 5) is 25.6. The predicted molar refractivity (Wildman–Crippen MR) is 157 cm³/mol. The van der Waals surface area contributed by atoms with Crippen molar-refractivity contribution in [1.82, 2.24) is 14.9 Å². The molecule has 44 heavy (non-hydrogen) atoms.